The summed E-state index contributed by atoms with van der Waals surface area (Å²) in [7, 11) is -3.80. The number of sulfonamides is 1. The van der Waals surface area contributed by atoms with Gasteiger partial charge in [-0.3, -0.25) is 0 Å². The third kappa shape index (κ3) is 5.31. The van der Waals surface area contributed by atoms with Gasteiger partial charge >= 0.3 is 5.97 Å². The summed E-state index contributed by atoms with van der Waals surface area (Å²) in [6.45, 7) is 1.43. The molecule has 150 valence electrons. The molecule has 0 aromatic heterocycles. The zero-order valence-electron chi connectivity index (χ0n) is 15.4. The van der Waals surface area contributed by atoms with Crippen molar-refractivity contribution in [3.05, 3.63) is 59.7 Å². The van der Waals surface area contributed by atoms with E-state index in [-0.39, 0.29) is 23.1 Å². The van der Waals surface area contributed by atoms with Crippen molar-refractivity contribution in [1.29, 1.82) is 0 Å². The van der Waals surface area contributed by atoms with Gasteiger partial charge in [-0.15, -0.1) is 0 Å². The van der Waals surface area contributed by atoms with Gasteiger partial charge in [0.1, 0.15) is 0 Å². The number of nitrogens with one attached hydrogen (secondary N) is 2. The molecule has 0 aliphatic carbocycles. The zero-order valence-corrected chi connectivity index (χ0v) is 16.2. The molecule has 3 rings (SSSR count). The molecule has 3 N–H and O–H groups in total. The van der Waals surface area contributed by atoms with E-state index in [0.717, 1.165) is 18.4 Å². The monoisotopic (exact) mass is 404 g/mol. The smallest absolute Gasteiger partial charge is 0.337 e. The average Bonchev–Trinajstić information content (AvgIpc) is 3.20. The molecule has 2 aromatic carbocycles. The quantitative estimate of drug-likeness (QED) is 0.593. The van der Waals surface area contributed by atoms with E-state index in [9.17, 15) is 18.3 Å². The topological polar surface area (TPSA) is 105 Å². The Kier molecular flexibility index (Phi) is 6.66. The van der Waals surface area contributed by atoms with Crippen molar-refractivity contribution < 1.29 is 23.1 Å². The Morgan fingerprint density at radius 3 is 2.64 bits per heavy atom. The predicted octanol–water partition coefficient (Wildman–Crippen LogP) is 2.50. The van der Waals surface area contributed by atoms with E-state index in [4.69, 9.17) is 4.74 Å². The number of anilines is 1. The normalized spacial score (nSPS) is 16.8. The van der Waals surface area contributed by atoms with Crippen LogP contribution in [-0.4, -0.2) is 45.3 Å². The Morgan fingerprint density at radius 2 is 1.96 bits per heavy atom. The zero-order chi connectivity index (χ0) is 20.0. The average molecular weight is 404 g/mol. The van der Waals surface area contributed by atoms with Crippen LogP contribution in [0.4, 0.5) is 5.69 Å². The largest absolute Gasteiger partial charge is 0.478 e. The van der Waals surface area contributed by atoms with Crippen LogP contribution < -0.4 is 10.0 Å². The SMILES string of the molecule is O=C(O)c1cc(S(=O)(=O)NCCc2ccccc2)ccc1NC[C@H]1CCCO1. The summed E-state index contributed by atoms with van der Waals surface area (Å²) in [4.78, 5) is 11.5. The summed E-state index contributed by atoms with van der Waals surface area (Å²) >= 11 is 0. The second-order valence-corrected chi connectivity index (χ2v) is 8.43. The lowest BCUT2D eigenvalue weighted by atomic mass is 10.1. The van der Waals surface area contributed by atoms with Crippen molar-refractivity contribution in [3.8, 4) is 0 Å². The fourth-order valence-corrected chi connectivity index (χ4v) is 4.17. The molecule has 1 saturated heterocycles. The third-order valence-corrected chi connectivity index (χ3v) is 6.08. The lowest BCUT2D eigenvalue weighted by Crippen LogP contribution is -2.26. The first kappa shape index (κ1) is 20.3. The molecule has 1 aliphatic heterocycles. The number of carboxylic acids is 1. The number of benzene rings is 2. The number of carbonyl (C=O) groups is 1. The lowest BCUT2D eigenvalue weighted by molar-refractivity contribution is 0.0697. The minimum Gasteiger partial charge on any atom is -0.478 e. The van der Waals surface area contributed by atoms with Gasteiger partial charge in [-0.2, -0.15) is 0 Å². The van der Waals surface area contributed by atoms with Crippen molar-refractivity contribution in [2.24, 2.45) is 0 Å². The first-order chi connectivity index (χ1) is 13.5. The van der Waals surface area contributed by atoms with Gasteiger partial charge in [0.2, 0.25) is 10.0 Å². The van der Waals surface area contributed by atoms with E-state index in [1.807, 2.05) is 30.3 Å². The van der Waals surface area contributed by atoms with Crippen LogP contribution in [0.3, 0.4) is 0 Å². The molecule has 1 aliphatic rings. The Morgan fingerprint density at radius 1 is 1.18 bits per heavy atom. The Labute approximate surface area is 164 Å². The van der Waals surface area contributed by atoms with Gasteiger partial charge in [-0.25, -0.2) is 17.9 Å². The van der Waals surface area contributed by atoms with Crippen LogP contribution in [0, 0.1) is 0 Å². The highest BCUT2D eigenvalue weighted by Gasteiger charge is 2.20. The summed E-state index contributed by atoms with van der Waals surface area (Å²) in [5, 5.41) is 12.5. The first-order valence-corrected chi connectivity index (χ1v) is 10.7. The summed E-state index contributed by atoms with van der Waals surface area (Å²) < 4.78 is 33.1. The van der Waals surface area contributed by atoms with E-state index in [0.29, 0.717) is 25.3 Å². The van der Waals surface area contributed by atoms with Crippen LogP contribution in [-0.2, 0) is 21.2 Å². The number of rotatable bonds is 9. The molecule has 2 aromatic rings. The predicted molar refractivity (Wildman–Crippen MR) is 106 cm³/mol. The minimum absolute atomic E-state index is 0.0460. The van der Waals surface area contributed by atoms with Crippen molar-refractivity contribution in [2.75, 3.05) is 25.0 Å². The highest BCUT2D eigenvalue weighted by atomic mass is 32.2. The standard InChI is InChI=1S/C20H24N2O5S/c23-20(24)18-13-17(8-9-19(18)21-14-16-7-4-12-27-16)28(25,26)22-11-10-15-5-2-1-3-6-15/h1-3,5-6,8-9,13,16,21-22H,4,7,10-12,14H2,(H,23,24)/t16-/m1/s1. The van der Waals surface area contributed by atoms with Gasteiger partial charge in [0.05, 0.1) is 16.6 Å². The maximum absolute atomic E-state index is 12.5. The number of aromatic carboxylic acids is 1. The summed E-state index contributed by atoms with van der Waals surface area (Å²) in [5.74, 6) is -1.18. The molecule has 0 radical (unpaired) electrons. The van der Waals surface area contributed by atoms with Crippen LogP contribution in [0.5, 0.6) is 0 Å². The molecule has 0 unspecified atom stereocenters. The highest BCUT2D eigenvalue weighted by molar-refractivity contribution is 7.89. The number of hydrogen-bond acceptors (Lipinski definition) is 5. The van der Waals surface area contributed by atoms with Crippen LogP contribution >= 0.6 is 0 Å². The highest BCUT2D eigenvalue weighted by Crippen LogP contribution is 2.22. The molecule has 1 heterocycles. The molecule has 1 atom stereocenters. The maximum atomic E-state index is 12.5. The molecule has 0 amide bonds. The molecular weight excluding hydrogens is 380 g/mol. The van der Waals surface area contributed by atoms with Crippen molar-refractivity contribution >= 4 is 21.7 Å². The molecule has 7 nitrogen and oxygen atoms in total. The summed E-state index contributed by atoms with van der Waals surface area (Å²) in [6, 6.07) is 13.6. The van der Waals surface area contributed by atoms with Crippen LogP contribution in [0.2, 0.25) is 0 Å². The van der Waals surface area contributed by atoms with E-state index >= 15 is 0 Å². The van der Waals surface area contributed by atoms with Gasteiger partial charge in [0.15, 0.2) is 0 Å². The Bertz CT molecular complexity index is 909. The van der Waals surface area contributed by atoms with Gasteiger partial charge in [-0.1, -0.05) is 30.3 Å². The molecule has 1 fully saturated rings. The van der Waals surface area contributed by atoms with Gasteiger partial charge in [-0.05, 0) is 43.0 Å². The molecule has 0 spiro atoms. The van der Waals surface area contributed by atoms with Crippen molar-refractivity contribution in [3.63, 3.8) is 0 Å². The second kappa shape index (κ2) is 9.18. The molecular formula is C20H24N2O5S. The fraction of sp³-hybridized carbons (Fsp3) is 0.350. The van der Waals surface area contributed by atoms with E-state index in [2.05, 4.69) is 10.0 Å². The Balaban J connectivity index is 1.67. The van der Waals surface area contributed by atoms with E-state index in [1.165, 1.54) is 18.2 Å². The second-order valence-electron chi connectivity index (χ2n) is 6.66. The summed E-state index contributed by atoms with van der Waals surface area (Å²) in [6.07, 6.45) is 2.51. The maximum Gasteiger partial charge on any atom is 0.337 e. The molecule has 28 heavy (non-hydrogen) atoms. The first-order valence-electron chi connectivity index (χ1n) is 9.22. The third-order valence-electron chi connectivity index (χ3n) is 4.62. The van der Waals surface area contributed by atoms with Gasteiger partial charge in [0.25, 0.3) is 0 Å². The van der Waals surface area contributed by atoms with Crippen molar-refractivity contribution in [1.82, 2.24) is 4.72 Å². The van der Waals surface area contributed by atoms with E-state index in [1.54, 1.807) is 0 Å². The van der Waals surface area contributed by atoms with Gasteiger partial charge in [0, 0.05) is 25.4 Å². The Hall–Kier alpha value is -2.42. The molecule has 8 heteroatoms. The van der Waals surface area contributed by atoms with Crippen LogP contribution in [0.15, 0.2) is 53.4 Å². The molecule has 0 saturated carbocycles. The van der Waals surface area contributed by atoms with E-state index < -0.39 is 16.0 Å². The van der Waals surface area contributed by atoms with Gasteiger partial charge < -0.3 is 15.2 Å². The summed E-state index contributed by atoms with van der Waals surface area (Å²) in [5.41, 5.74) is 1.32. The number of ether oxygens (including phenoxy) is 1. The number of carboxylic acid groups (broad SMARTS) is 1. The van der Waals surface area contributed by atoms with Crippen LogP contribution in [0.25, 0.3) is 0 Å². The minimum atomic E-state index is -3.80. The molecule has 0 bridgehead atoms. The van der Waals surface area contributed by atoms with Crippen LogP contribution in [0.1, 0.15) is 28.8 Å². The lowest BCUT2D eigenvalue weighted by Gasteiger charge is -2.15. The number of hydrogen-bond donors (Lipinski definition) is 3. The fourth-order valence-electron chi connectivity index (χ4n) is 3.11. The van der Waals surface area contributed by atoms with Crippen molar-refractivity contribution in [2.45, 2.75) is 30.3 Å².